The van der Waals surface area contributed by atoms with Gasteiger partial charge in [0, 0.05) is 5.69 Å². The van der Waals surface area contributed by atoms with Crippen molar-refractivity contribution >= 4 is 23.3 Å². The Labute approximate surface area is 112 Å². The van der Waals surface area contributed by atoms with Crippen molar-refractivity contribution < 1.29 is 9.53 Å². The topological polar surface area (TPSA) is 62.1 Å². The molecule has 0 aromatic heterocycles. The summed E-state index contributed by atoms with van der Waals surface area (Å²) in [5.41, 5.74) is 1.10. The van der Waals surface area contributed by atoms with Crippen molar-refractivity contribution in [1.29, 1.82) is 5.26 Å². The van der Waals surface area contributed by atoms with Gasteiger partial charge in [0.2, 0.25) is 0 Å². The molecule has 0 aliphatic heterocycles. The Morgan fingerprint density at radius 3 is 2.78 bits per heavy atom. The molecule has 0 radical (unpaired) electrons. The maximum atomic E-state index is 11.6. The second kappa shape index (κ2) is 6.87. The van der Waals surface area contributed by atoms with Crippen molar-refractivity contribution in [2.45, 2.75) is 26.3 Å². The predicted molar refractivity (Wildman–Crippen MR) is 70.5 cm³/mol. The molecule has 0 amide bonds. The normalized spacial score (nSPS) is 11.4. The molecule has 0 aliphatic rings. The first-order valence-corrected chi connectivity index (χ1v) is 6.13. The highest BCUT2D eigenvalue weighted by atomic mass is 35.5. The number of nitriles is 1. The number of anilines is 1. The molecule has 0 heterocycles. The van der Waals surface area contributed by atoms with Gasteiger partial charge in [-0.3, -0.25) is 0 Å². The lowest BCUT2D eigenvalue weighted by Gasteiger charge is -2.16. The Hall–Kier alpha value is -1.73. The van der Waals surface area contributed by atoms with E-state index in [1.165, 1.54) is 0 Å². The Bertz CT molecular complexity index is 469. The molecular formula is C13H15ClN2O2. The number of halogens is 1. The zero-order valence-corrected chi connectivity index (χ0v) is 11.1. The summed E-state index contributed by atoms with van der Waals surface area (Å²) in [5, 5.41) is 12.2. The molecule has 1 aromatic carbocycles. The van der Waals surface area contributed by atoms with Gasteiger partial charge in [0.05, 0.1) is 17.2 Å². The fourth-order valence-corrected chi connectivity index (χ4v) is 1.69. The number of carbonyl (C=O) groups is 1. The Balaban J connectivity index is 2.80. The zero-order chi connectivity index (χ0) is 13.5. The first-order valence-electron chi connectivity index (χ1n) is 5.75. The molecule has 18 heavy (non-hydrogen) atoms. The minimum atomic E-state index is -0.408. The summed E-state index contributed by atoms with van der Waals surface area (Å²) < 4.78 is 4.96. The molecule has 0 bridgehead atoms. The maximum Gasteiger partial charge on any atom is 0.328 e. The quantitative estimate of drug-likeness (QED) is 0.833. The lowest BCUT2D eigenvalue weighted by Crippen LogP contribution is -2.30. The fourth-order valence-electron chi connectivity index (χ4n) is 1.47. The van der Waals surface area contributed by atoms with E-state index in [1.54, 1.807) is 25.1 Å². The van der Waals surface area contributed by atoms with Crippen molar-refractivity contribution in [3.05, 3.63) is 28.8 Å². The number of hydrogen-bond donors (Lipinski definition) is 1. The largest absolute Gasteiger partial charge is 0.464 e. The number of benzene rings is 1. The number of ether oxygens (including phenoxy) is 1. The van der Waals surface area contributed by atoms with Gasteiger partial charge >= 0.3 is 5.97 Å². The summed E-state index contributed by atoms with van der Waals surface area (Å²) in [4.78, 5) is 11.6. The third kappa shape index (κ3) is 3.64. The second-order valence-electron chi connectivity index (χ2n) is 3.66. The van der Waals surface area contributed by atoms with E-state index in [0.29, 0.717) is 29.3 Å². The molecule has 1 aromatic rings. The van der Waals surface area contributed by atoms with E-state index >= 15 is 0 Å². The summed E-state index contributed by atoms with van der Waals surface area (Å²) in [6, 6.07) is 6.53. The van der Waals surface area contributed by atoms with Crippen molar-refractivity contribution in [1.82, 2.24) is 0 Å². The van der Waals surface area contributed by atoms with Gasteiger partial charge in [0.15, 0.2) is 0 Å². The first kappa shape index (κ1) is 14.3. The highest BCUT2D eigenvalue weighted by Crippen LogP contribution is 2.21. The Morgan fingerprint density at radius 2 is 2.28 bits per heavy atom. The summed E-state index contributed by atoms with van der Waals surface area (Å²) in [7, 11) is 0. The molecule has 0 saturated heterocycles. The van der Waals surface area contributed by atoms with E-state index < -0.39 is 6.04 Å². The van der Waals surface area contributed by atoms with Gasteiger partial charge in [-0.1, -0.05) is 18.5 Å². The monoisotopic (exact) mass is 266 g/mol. The third-order valence-corrected chi connectivity index (χ3v) is 2.72. The molecule has 1 rings (SSSR count). The van der Waals surface area contributed by atoms with E-state index in [2.05, 4.69) is 5.32 Å². The van der Waals surface area contributed by atoms with Crippen LogP contribution in [0.4, 0.5) is 5.69 Å². The summed E-state index contributed by atoms with van der Waals surface area (Å²) in [5.74, 6) is -0.291. The summed E-state index contributed by atoms with van der Waals surface area (Å²) in [6.45, 7) is 4.01. The van der Waals surface area contributed by atoms with Crippen molar-refractivity contribution in [2.24, 2.45) is 0 Å². The van der Waals surface area contributed by atoms with Crippen LogP contribution in [0.2, 0.25) is 5.02 Å². The van der Waals surface area contributed by atoms with Crippen LogP contribution in [-0.2, 0) is 9.53 Å². The SMILES string of the molecule is CCOC(=O)C(CC)Nc1ccc(C#N)c(Cl)c1. The van der Waals surface area contributed by atoms with Gasteiger partial charge in [-0.05, 0) is 31.5 Å². The maximum absolute atomic E-state index is 11.6. The minimum absolute atomic E-state index is 0.291. The molecule has 4 nitrogen and oxygen atoms in total. The first-order chi connectivity index (χ1) is 8.62. The summed E-state index contributed by atoms with van der Waals surface area (Å²) >= 11 is 5.92. The van der Waals surface area contributed by atoms with Crippen LogP contribution >= 0.6 is 11.6 Å². The number of nitrogens with one attached hydrogen (secondary N) is 1. The molecule has 1 N–H and O–H groups in total. The molecular weight excluding hydrogens is 252 g/mol. The van der Waals surface area contributed by atoms with E-state index in [-0.39, 0.29) is 5.97 Å². The van der Waals surface area contributed by atoms with Gasteiger partial charge in [0.25, 0.3) is 0 Å². The highest BCUT2D eigenvalue weighted by molar-refractivity contribution is 6.32. The number of rotatable bonds is 5. The molecule has 0 saturated carbocycles. The summed E-state index contributed by atoms with van der Waals surface area (Å²) in [6.07, 6.45) is 0.608. The van der Waals surface area contributed by atoms with Crippen molar-refractivity contribution in [2.75, 3.05) is 11.9 Å². The molecule has 1 unspecified atom stereocenters. The average Bonchev–Trinajstić information content (AvgIpc) is 2.36. The smallest absolute Gasteiger partial charge is 0.328 e. The van der Waals surface area contributed by atoms with E-state index in [9.17, 15) is 4.79 Å². The van der Waals surface area contributed by atoms with Crippen LogP contribution in [0, 0.1) is 11.3 Å². The number of hydrogen-bond acceptors (Lipinski definition) is 4. The third-order valence-electron chi connectivity index (χ3n) is 2.41. The van der Waals surface area contributed by atoms with Crippen LogP contribution in [0.15, 0.2) is 18.2 Å². The highest BCUT2D eigenvalue weighted by Gasteiger charge is 2.17. The molecule has 0 spiro atoms. The van der Waals surface area contributed by atoms with Crippen LogP contribution in [0.1, 0.15) is 25.8 Å². The molecule has 0 fully saturated rings. The molecule has 1 atom stereocenters. The predicted octanol–water partition coefficient (Wildman–Crippen LogP) is 2.97. The fraction of sp³-hybridized carbons (Fsp3) is 0.385. The molecule has 0 aliphatic carbocycles. The minimum Gasteiger partial charge on any atom is -0.464 e. The lowest BCUT2D eigenvalue weighted by atomic mass is 10.2. The lowest BCUT2D eigenvalue weighted by molar-refractivity contribution is -0.144. The van der Waals surface area contributed by atoms with Crippen molar-refractivity contribution in [3.63, 3.8) is 0 Å². The van der Waals surface area contributed by atoms with Gasteiger partial charge < -0.3 is 10.1 Å². The van der Waals surface area contributed by atoms with Gasteiger partial charge in [0.1, 0.15) is 12.1 Å². The van der Waals surface area contributed by atoms with Crippen LogP contribution in [0.3, 0.4) is 0 Å². The van der Waals surface area contributed by atoms with Crippen LogP contribution in [-0.4, -0.2) is 18.6 Å². The number of nitrogens with zero attached hydrogens (tertiary/aromatic N) is 1. The van der Waals surface area contributed by atoms with Crippen LogP contribution in [0.25, 0.3) is 0 Å². The van der Waals surface area contributed by atoms with Crippen LogP contribution < -0.4 is 5.32 Å². The van der Waals surface area contributed by atoms with E-state index in [1.807, 2.05) is 13.0 Å². The Kier molecular flexibility index (Phi) is 5.47. The van der Waals surface area contributed by atoms with Crippen LogP contribution in [0.5, 0.6) is 0 Å². The number of carbonyl (C=O) groups excluding carboxylic acids is 1. The molecule has 5 heteroatoms. The Morgan fingerprint density at radius 1 is 1.56 bits per heavy atom. The second-order valence-corrected chi connectivity index (χ2v) is 4.07. The molecule has 96 valence electrons. The standard InChI is InChI=1S/C13H15ClN2O2/c1-3-12(13(17)18-4-2)16-10-6-5-9(8-15)11(14)7-10/h5-7,12,16H,3-4H2,1-2H3. The average molecular weight is 267 g/mol. The van der Waals surface area contributed by atoms with Gasteiger partial charge in [-0.15, -0.1) is 0 Å². The van der Waals surface area contributed by atoms with Gasteiger partial charge in [-0.25, -0.2) is 4.79 Å². The van der Waals surface area contributed by atoms with E-state index in [4.69, 9.17) is 21.6 Å². The number of esters is 1. The van der Waals surface area contributed by atoms with E-state index in [0.717, 1.165) is 0 Å². The van der Waals surface area contributed by atoms with Crippen molar-refractivity contribution in [3.8, 4) is 6.07 Å². The van der Waals surface area contributed by atoms with Gasteiger partial charge in [-0.2, -0.15) is 5.26 Å². The zero-order valence-electron chi connectivity index (χ0n) is 10.4.